The Morgan fingerprint density at radius 3 is 2.82 bits per heavy atom. The van der Waals surface area contributed by atoms with Gasteiger partial charge in [-0.25, -0.2) is 4.98 Å². The predicted octanol–water partition coefficient (Wildman–Crippen LogP) is 0.828. The maximum atomic E-state index is 11.7. The van der Waals surface area contributed by atoms with Crippen LogP contribution in [0.1, 0.15) is 6.92 Å². The molecule has 0 spiro atoms. The Balaban J connectivity index is 1.80. The highest BCUT2D eigenvalue weighted by atomic mass is 32.1. The summed E-state index contributed by atoms with van der Waals surface area (Å²) in [4.78, 5) is 20.1. The summed E-state index contributed by atoms with van der Waals surface area (Å²) in [6.07, 6.45) is 1.81. The number of carbonyl (C=O) groups excluding carboxylic acids is 1. The second-order valence-electron chi connectivity index (χ2n) is 3.82. The molecule has 2 heterocycles. The van der Waals surface area contributed by atoms with Crippen molar-refractivity contribution in [2.45, 2.75) is 6.92 Å². The Bertz CT molecular complexity index is 348. The molecule has 0 N–H and O–H groups in total. The first-order valence-corrected chi connectivity index (χ1v) is 6.69. The first-order chi connectivity index (χ1) is 8.31. The summed E-state index contributed by atoms with van der Waals surface area (Å²) in [7, 11) is 0. The summed E-state index contributed by atoms with van der Waals surface area (Å²) in [5.74, 6) is 0.0886. The molecule has 0 saturated carbocycles. The molecule has 0 atom stereocenters. The number of thiazole rings is 1. The zero-order valence-electron chi connectivity index (χ0n) is 9.96. The Hall–Kier alpha value is -1.14. The summed E-state index contributed by atoms with van der Waals surface area (Å²) in [5.41, 5.74) is 0. The van der Waals surface area contributed by atoms with Crippen LogP contribution in [-0.2, 0) is 9.53 Å². The standard InChI is InChI=1S/C11H17N3O2S/c1-2-16-9-10(15)13-4-6-14(7-5-13)11-12-3-8-17-11/h3,8H,2,4-7,9H2,1H3. The zero-order valence-corrected chi connectivity index (χ0v) is 10.8. The Morgan fingerprint density at radius 2 is 2.24 bits per heavy atom. The van der Waals surface area contributed by atoms with Gasteiger partial charge in [0.2, 0.25) is 5.91 Å². The lowest BCUT2D eigenvalue weighted by Gasteiger charge is -2.34. The van der Waals surface area contributed by atoms with E-state index in [0.717, 1.165) is 31.3 Å². The molecule has 0 bridgehead atoms. The molecule has 0 radical (unpaired) electrons. The minimum Gasteiger partial charge on any atom is -0.372 e. The largest absolute Gasteiger partial charge is 0.372 e. The van der Waals surface area contributed by atoms with Gasteiger partial charge in [0, 0.05) is 44.4 Å². The number of ether oxygens (including phenoxy) is 1. The number of nitrogens with zero attached hydrogens (tertiary/aromatic N) is 3. The van der Waals surface area contributed by atoms with Gasteiger partial charge >= 0.3 is 0 Å². The number of hydrogen-bond donors (Lipinski definition) is 0. The molecule has 6 heteroatoms. The molecule has 94 valence electrons. The van der Waals surface area contributed by atoms with Crippen LogP contribution in [0, 0.1) is 0 Å². The highest BCUT2D eigenvalue weighted by Crippen LogP contribution is 2.18. The second kappa shape index (κ2) is 5.97. The van der Waals surface area contributed by atoms with Crippen molar-refractivity contribution in [2.24, 2.45) is 0 Å². The summed E-state index contributed by atoms with van der Waals surface area (Å²) < 4.78 is 5.13. The molecule has 1 aliphatic rings. The molecule has 2 rings (SSSR count). The molecule has 0 aromatic carbocycles. The molecule has 1 saturated heterocycles. The molecule has 1 aliphatic heterocycles. The van der Waals surface area contributed by atoms with E-state index in [1.807, 2.05) is 23.4 Å². The van der Waals surface area contributed by atoms with Crippen LogP contribution in [0.15, 0.2) is 11.6 Å². The summed E-state index contributed by atoms with van der Waals surface area (Å²) in [6.45, 7) is 5.90. The number of anilines is 1. The van der Waals surface area contributed by atoms with Crippen molar-refractivity contribution < 1.29 is 9.53 Å². The molecule has 0 aliphatic carbocycles. The Labute approximate surface area is 105 Å². The van der Waals surface area contributed by atoms with Gasteiger partial charge in [-0.1, -0.05) is 0 Å². The average Bonchev–Trinajstić information content (AvgIpc) is 2.90. The van der Waals surface area contributed by atoms with E-state index >= 15 is 0 Å². The lowest BCUT2D eigenvalue weighted by atomic mass is 10.3. The first-order valence-electron chi connectivity index (χ1n) is 5.81. The summed E-state index contributed by atoms with van der Waals surface area (Å²) in [6, 6.07) is 0. The van der Waals surface area contributed by atoms with Crippen LogP contribution in [0.25, 0.3) is 0 Å². The van der Waals surface area contributed by atoms with Gasteiger partial charge in [0.25, 0.3) is 0 Å². The fourth-order valence-electron chi connectivity index (χ4n) is 1.80. The molecule has 1 amide bonds. The monoisotopic (exact) mass is 255 g/mol. The van der Waals surface area contributed by atoms with Crippen LogP contribution >= 0.6 is 11.3 Å². The zero-order chi connectivity index (χ0) is 12.1. The fourth-order valence-corrected chi connectivity index (χ4v) is 2.50. The number of piperazine rings is 1. The van der Waals surface area contributed by atoms with Crippen LogP contribution in [0.2, 0.25) is 0 Å². The minimum absolute atomic E-state index is 0.0886. The van der Waals surface area contributed by atoms with E-state index in [1.54, 1.807) is 11.3 Å². The van der Waals surface area contributed by atoms with Crippen molar-refractivity contribution in [1.29, 1.82) is 0 Å². The van der Waals surface area contributed by atoms with E-state index in [2.05, 4.69) is 9.88 Å². The lowest BCUT2D eigenvalue weighted by Crippen LogP contribution is -2.49. The molecule has 1 aromatic heterocycles. The molecule has 5 nitrogen and oxygen atoms in total. The van der Waals surface area contributed by atoms with Gasteiger partial charge in [0.05, 0.1) is 0 Å². The maximum Gasteiger partial charge on any atom is 0.248 e. The maximum absolute atomic E-state index is 11.7. The van der Waals surface area contributed by atoms with Crippen molar-refractivity contribution in [2.75, 3.05) is 44.3 Å². The third-order valence-electron chi connectivity index (χ3n) is 2.75. The highest BCUT2D eigenvalue weighted by molar-refractivity contribution is 7.13. The topological polar surface area (TPSA) is 45.7 Å². The van der Waals surface area contributed by atoms with Gasteiger partial charge in [0.15, 0.2) is 5.13 Å². The van der Waals surface area contributed by atoms with Crippen molar-refractivity contribution in [3.05, 3.63) is 11.6 Å². The van der Waals surface area contributed by atoms with Crippen LogP contribution in [0.4, 0.5) is 5.13 Å². The average molecular weight is 255 g/mol. The van der Waals surface area contributed by atoms with Gasteiger partial charge < -0.3 is 14.5 Å². The number of carbonyl (C=O) groups is 1. The minimum atomic E-state index is 0.0886. The van der Waals surface area contributed by atoms with E-state index in [4.69, 9.17) is 4.74 Å². The normalized spacial score (nSPS) is 16.3. The van der Waals surface area contributed by atoms with Gasteiger partial charge in [0.1, 0.15) is 6.61 Å². The van der Waals surface area contributed by atoms with Gasteiger partial charge in [-0.15, -0.1) is 11.3 Å². The van der Waals surface area contributed by atoms with E-state index in [-0.39, 0.29) is 12.5 Å². The summed E-state index contributed by atoms with van der Waals surface area (Å²) >= 11 is 1.64. The molecule has 17 heavy (non-hydrogen) atoms. The van der Waals surface area contributed by atoms with Crippen molar-refractivity contribution >= 4 is 22.4 Å². The molecular weight excluding hydrogens is 238 g/mol. The first kappa shape index (κ1) is 12.3. The van der Waals surface area contributed by atoms with Crippen LogP contribution in [0.3, 0.4) is 0 Å². The van der Waals surface area contributed by atoms with Crippen molar-refractivity contribution in [1.82, 2.24) is 9.88 Å². The van der Waals surface area contributed by atoms with Crippen molar-refractivity contribution in [3.63, 3.8) is 0 Å². The van der Waals surface area contributed by atoms with E-state index in [1.165, 1.54) is 0 Å². The molecule has 0 unspecified atom stereocenters. The second-order valence-corrected chi connectivity index (χ2v) is 4.69. The Kier molecular flexibility index (Phi) is 4.33. The number of rotatable bonds is 4. The van der Waals surface area contributed by atoms with Crippen LogP contribution < -0.4 is 4.90 Å². The van der Waals surface area contributed by atoms with Crippen LogP contribution in [0.5, 0.6) is 0 Å². The predicted molar refractivity (Wildman–Crippen MR) is 67.4 cm³/mol. The summed E-state index contributed by atoms with van der Waals surface area (Å²) in [5, 5.41) is 3.02. The van der Waals surface area contributed by atoms with Crippen molar-refractivity contribution in [3.8, 4) is 0 Å². The number of amides is 1. The number of hydrogen-bond acceptors (Lipinski definition) is 5. The molecular formula is C11H17N3O2S. The third kappa shape index (κ3) is 3.17. The highest BCUT2D eigenvalue weighted by Gasteiger charge is 2.21. The quantitative estimate of drug-likeness (QED) is 0.799. The van der Waals surface area contributed by atoms with E-state index < -0.39 is 0 Å². The smallest absolute Gasteiger partial charge is 0.248 e. The fraction of sp³-hybridized carbons (Fsp3) is 0.636. The van der Waals surface area contributed by atoms with E-state index in [9.17, 15) is 4.79 Å². The van der Waals surface area contributed by atoms with E-state index in [0.29, 0.717) is 6.61 Å². The van der Waals surface area contributed by atoms with Crippen LogP contribution in [-0.4, -0.2) is 55.2 Å². The Morgan fingerprint density at radius 1 is 1.47 bits per heavy atom. The van der Waals surface area contributed by atoms with Gasteiger partial charge in [-0.05, 0) is 6.92 Å². The third-order valence-corrected chi connectivity index (χ3v) is 3.58. The SMILES string of the molecule is CCOCC(=O)N1CCN(c2nccs2)CC1. The lowest BCUT2D eigenvalue weighted by molar-refractivity contribution is -0.136. The number of aromatic nitrogens is 1. The molecule has 1 fully saturated rings. The van der Waals surface area contributed by atoms with Gasteiger partial charge in [-0.2, -0.15) is 0 Å². The molecule has 1 aromatic rings. The van der Waals surface area contributed by atoms with Gasteiger partial charge in [-0.3, -0.25) is 4.79 Å².